The van der Waals surface area contributed by atoms with Gasteiger partial charge < -0.3 is 10.0 Å². The molecule has 0 bridgehead atoms. The minimum atomic E-state index is -0.953. The summed E-state index contributed by atoms with van der Waals surface area (Å²) in [5, 5.41) is 13.5. The SMILES string of the molecule is Cc1nn(CC(C)C)c(C)c1CC(=O)N(C)Cc1ccc(C(=O)O)cc1. The van der Waals surface area contributed by atoms with Gasteiger partial charge in [0.1, 0.15) is 0 Å². The lowest BCUT2D eigenvalue weighted by molar-refractivity contribution is -0.129. The van der Waals surface area contributed by atoms with Crippen LogP contribution >= 0.6 is 0 Å². The molecular formula is C20H27N3O3. The van der Waals surface area contributed by atoms with Crippen molar-refractivity contribution in [3.63, 3.8) is 0 Å². The fraction of sp³-hybridized carbons (Fsp3) is 0.450. The maximum absolute atomic E-state index is 12.6. The zero-order valence-corrected chi connectivity index (χ0v) is 16.1. The van der Waals surface area contributed by atoms with Crippen LogP contribution < -0.4 is 0 Å². The van der Waals surface area contributed by atoms with Crippen LogP contribution in [0.25, 0.3) is 0 Å². The summed E-state index contributed by atoms with van der Waals surface area (Å²) >= 11 is 0. The number of amides is 1. The molecule has 6 heteroatoms. The minimum Gasteiger partial charge on any atom is -0.478 e. The van der Waals surface area contributed by atoms with Crippen molar-refractivity contribution in [2.24, 2.45) is 5.92 Å². The Morgan fingerprint density at radius 2 is 1.81 bits per heavy atom. The van der Waals surface area contributed by atoms with Gasteiger partial charge in [-0.15, -0.1) is 0 Å². The van der Waals surface area contributed by atoms with Gasteiger partial charge in [-0.05, 0) is 37.5 Å². The van der Waals surface area contributed by atoms with Gasteiger partial charge in [0, 0.05) is 31.4 Å². The zero-order chi connectivity index (χ0) is 19.4. The lowest BCUT2D eigenvalue weighted by Crippen LogP contribution is -2.28. The highest BCUT2D eigenvalue weighted by Crippen LogP contribution is 2.17. The first kappa shape index (κ1) is 19.7. The predicted molar refractivity (Wildman–Crippen MR) is 100 cm³/mol. The van der Waals surface area contributed by atoms with Crippen LogP contribution in [0, 0.1) is 19.8 Å². The normalized spacial score (nSPS) is 11.0. The van der Waals surface area contributed by atoms with Gasteiger partial charge in [-0.25, -0.2) is 4.79 Å². The first-order valence-corrected chi connectivity index (χ1v) is 8.78. The molecule has 0 atom stereocenters. The van der Waals surface area contributed by atoms with Crippen molar-refractivity contribution < 1.29 is 14.7 Å². The van der Waals surface area contributed by atoms with Gasteiger partial charge in [0.05, 0.1) is 17.7 Å². The molecule has 0 saturated heterocycles. The summed E-state index contributed by atoms with van der Waals surface area (Å²) in [5.74, 6) is -0.444. The molecule has 26 heavy (non-hydrogen) atoms. The van der Waals surface area contributed by atoms with Crippen LogP contribution in [0.1, 0.15) is 46.7 Å². The van der Waals surface area contributed by atoms with E-state index in [0.29, 0.717) is 18.9 Å². The monoisotopic (exact) mass is 357 g/mol. The van der Waals surface area contributed by atoms with Gasteiger partial charge in [-0.3, -0.25) is 9.48 Å². The molecule has 0 aliphatic rings. The van der Waals surface area contributed by atoms with Crippen molar-refractivity contribution in [3.8, 4) is 0 Å². The van der Waals surface area contributed by atoms with E-state index in [4.69, 9.17) is 5.11 Å². The molecule has 1 aromatic carbocycles. The number of carbonyl (C=O) groups is 2. The van der Waals surface area contributed by atoms with E-state index in [9.17, 15) is 9.59 Å². The quantitative estimate of drug-likeness (QED) is 0.826. The van der Waals surface area contributed by atoms with Crippen LogP contribution in [0.15, 0.2) is 24.3 Å². The van der Waals surface area contributed by atoms with E-state index in [2.05, 4.69) is 18.9 Å². The van der Waals surface area contributed by atoms with Gasteiger partial charge in [0.25, 0.3) is 0 Å². The Bertz CT molecular complexity index is 791. The molecule has 0 unspecified atom stereocenters. The van der Waals surface area contributed by atoms with E-state index in [-0.39, 0.29) is 11.5 Å². The van der Waals surface area contributed by atoms with E-state index >= 15 is 0 Å². The average molecular weight is 357 g/mol. The number of benzene rings is 1. The first-order valence-electron chi connectivity index (χ1n) is 8.78. The number of aryl methyl sites for hydroxylation is 1. The second kappa shape index (κ2) is 8.17. The molecule has 0 spiro atoms. The average Bonchev–Trinajstić information content (AvgIpc) is 2.82. The summed E-state index contributed by atoms with van der Waals surface area (Å²) in [6, 6.07) is 6.59. The second-order valence-electron chi connectivity index (χ2n) is 7.15. The number of carboxylic acid groups (broad SMARTS) is 1. The maximum atomic E-state index is 12.6. The highest BCUT2D eigenvalue weighted by molar-refractivity contribution is 5.87. The summed E-state index contributed by atoms with van der Waals surface area (Å²) in [7, 11) is 1.76. The number of carbonyl (C=O) groups excluding carboxylic acids is 1. The molecule has 1 heterocycles. The standard InChI is InChI=1S/C20H27N3O3/c1-13(2)11-23-15(4)18(14(3)21-23)10-19(24)22(5)12-16-6-8-17(9-7-16)20(25)26/h6-9,13H,10-12H2,1-5H3,(H,25,26). The number of carboxylic acids is 1. The summed E-state index contributed by atoms with van der Waals surface area (Å²) in [4.78, 5) is 25.2. The molecule has 2 aromatic rings. The molecule has 1 N–H and O–H groups in total. The van der Waals surface area contributed by atoms with Crippen LogP contribution in [-0.4, -0.2) is 38.7 Å². The van der Waals surface area contributed by atoms with Crippen molar-refractivity contribution in [3.05, 3.63) is 52.3 Å². The number of nitrogens with zero attached hydrogens (tertiary/aromatic N) is 3. The Balaban J connectivity index is 2.05. The van der Waals surface area contributed by atoms with Crippen LogP contribution in [0.5, 0.6) is 0 Å². The van der Waals surface area contributed by atoms with Crippen LogP contribution in [0.2, 0.25) is 0 Å². The number of aromatic carboxylic acids is 1. The molecule has 0 saturated carbocycles. The lowest BCUT2D eigenvalue weighted by atomic mass is 10.1. The van der Waals surface area contributed by atoms with Gasteiger partial charge in [-0.1, -0.05) is 26.0 Å². The van der Waals surface area contributed by atoms with E-state index in [0.717, 1.165) is 29.1 Å². The number of aromatic nitrogens is 2. The Kier molecular flexibility index (Phi) is 6.18. The largest absolute Gasteiger partial charge is 0.478 e. The minimum absolute atomic E-state index is 0.0163. The Morgan fingerprint density at radius 1 is 1.19 bits per heavy atom. The van der Waals surface area contributed by atoms with Gasteiger partial charge >= 0.3 is 5.97 Å². The van der Waals surface area contributed by atoms with Crippen LogP contribution in [0.3, 0.4) is 0 Å². The summed E-state index contributed by atoms with van der Waals surface area (Å²) in [6.07, 6.45) is 0.319. The molecule has 1 amide bonds. The Morgan fingerprint density at radius 3 is 2.35 bits per heavy atom. The summed E-state index contributed by atoms with van der Waals surface area (Å²) in [6.45, 7) is 9.52. The molecule has 6 nitrogen and oxygen atoms in total. The predicted octanol–water partition coefficient (Wildman–Crippen LogP) is 3.06. The molecule has 1 aromatic heterocycles. The number of rotatable bonds is 7. The fourth-order valence-electron chi connectivity index (χ4n) is 2.91. The van der Waals surface area contributed by atoms with Gasteiger partial charge in [0.2, 0.25) is 5.91 Å². The third kappa shape index (κ3) is 4.71. The van der Waals surface area contributed by atoms with Crippen molar-refractivity contribution in [1.82, 2.24) is 14.7 Å². The smallest absolute Gasteiger partial charge is 0.335 e. The highest BCUT2D eigenvalue weighted by atomic mass is 16.4. The highest BCUT2D eigenvalue weighted by Gasteiger charge is 2.18. The number of likely N-dealkylation sites (N-methyl/N-ethyl adjacent to an activating group) is 1. The summed E-state index contributed by atoms with van der Waals surface area (Å²) < 4.78 is 1.98. The molecular weight excluding hydrogens is 330 g/mol. The van der Waals surface area contributed by atoms with E-state index in [1.54, 1.807) is 36.2 Å². The maximum Gasteiger partial charge on any atom is 0.335 e. The first-order chi connectivity index (χ1) is 12.2. The van der Waals surface area contributed by atoms with Crippen molar-refractivity contribution in [2.45, 2.75) is 47.2 Å². The third-order valence-electron chi connectivity index (χ3n) is 4.44. The molecule has 2 rings (SSSR count). The van der Waals surface area contributed by atoms with E-state index < -0.39 is 5.97 Å². The van der Waals surface area contributed by atoms with Gasteiger partial charge in [0.15, 0.2) is 0 Å². The molecule has 0 aliphatic heterocycles. The summed E-state index contributed by atoms with van der Waals surface area (Å²) in [5.41, 5.74) is 4.07. The Hall–Kier alpha value is -2.63. The molecule has 140 valence electrons. The Labute approximate surface area is 154 Å². The fourth-order valence-corrected chi connectivity index (χ4v) is 2.91. The van der Waals surface area contributed by atoms with Crippen LogP contribution in [-0.2, 0) is 24.3 Å². The van der Waals surface area contributed by atoms with Crippen molar-refractivity contribution >= 4 is 11.9 Å². The van der Waals surface area contributed by atoms with Gasteiger partial charge in [-0.2, -0.15) is 5.10 Å². The topological polar surface area (TPSA) is 75.4 Å². The van der Waals surface area contributed by atoms with Crippen LogP contribution in [0.4, 0.5) is 0 Å². The molecule has 0 aliphatic carbocycles. The zero-order valence-electron chi connectivity index (χ0n) is 16.1. The number of hydrogen-bond donors (Lipinski definition) is 1. The molecule has 0 radical (unpaired) electrons. The number of hydrogen-bond acceptors (Lipinski definition) is 3. The van der Waals surface area contributed by atoms with E-state index in [1.165, 1.54) is 0 Å². The lowest BCUT2D eigenvalue weighted by Gasteiger charge is -2.17. The third-order valence-corrected chi connectivity index (χ3v) is 4.44. The van der Waals surface area contributed by atoms with Crippen molar-refractivity contribution in [1.29, 1.82) is 0 Å². The van der Waals surface area contributed by atoms with Crippen molar-refractivity contribution in [2.75, 3.05) is 7.05 Å². The van der Waals surface area contributed by atoms with E-state index in [1.807, 2.05) is 18.5 Å². The second-order valence-corrected chi connectivity index (χ2v) is 7.15. The molecule has 0 fully saturated rings.